The van der Waals surface area contributed by atoms with E-state index in [9.17, 15) is 4.79 Å². The molecule has 3 heteroatoms. The molecule has 2 rings (SSSR count). The normalized spacial score (nSPS) is 20.4. The van der Waals surface area contributed by atoms with Crippen LogP contribution in [-0.2, 0) is 11.8 Å². The number of aryl methyl sites for hydroxylation is 1. The van der Waals surface area contributed by atoms with E-state index in [1.807, 2.05) is 4.57 Å². The molecule has 2 heterocycles. The average molecular weight is 206 g/mol. The van der Waals surface area contributed by atoms with E-state index < -0.39 is 0 Å². The second-order valence-corrected chi connectivity index (χ2v) is 5.40. The van der Waals surface area contributed by atoms with Crippen molar-refractivity contribution in [2.45, 2.75) is 52.0 Å². The number of hydrogen-bond acceptors (Lipinski definition) is 2. The van der Waals surface area contributed by atoms with Gasteiger partial charge < -0.3 is 0 Å². The van der Waals surface area contributed by atoms with E-state index >= 15 is 0 Å². The highest BCUT2D eigenvalue weighted by molar-refractivity contribution is 5.15. The van der Waals surface area contributed by atoms with Crippen LogP contribution in [0.3, 0.4) is 0 Å². The topological polar surface area (TPSA) is 34.9 Å². The van der Waals surface area contributed by atoms with Crippen molar-refractivity contribution in [2.75, 3.05) is 0 Å². The molecule has 3 nitrogen and oxygen atoms in total. The maximum Gasteiger partial charge on any atom is 0.253 e. The standard InChI is InChI=1S/C12H18N2O/c1-8-5-6-10-13-9(12(2,3)4)7-11(15)14(8)10/h7-8H,5-6H2,1-4H3/t8-/m0/s1. The SMILES string of the molecule is C[C@H]1CCc2nc(C(C)(C)C)cc(=O)n21. The molecule has 0 amide bonds. The minimum Gasteiger partial charge on any atom is -0.294 e. The number of aromatic nitrogens is 2. The molecule has 1 atom stereocenters. The fourth-order valence-electron chi connectivity index (χ4n) is 2.04. The lowest BCUT2D eigenvalue weighted by Crippen LogP contribution is -2.27. The van der Waals surface area contributed by atoms with Crippen molar-refractivity contribution < 1.29 is 0 Å². The Balaban J connectivity index is 2.59. The molecule has 0 saturated heterocycles. The number of nitrogens with zero attached hydrogens (tertiary/aromatic N) is 2. The first kappa shape index (κ1) is 10.4. The lowest BCUT2D eigenvalue weighted by Gasteiger charge is -2.19. The van der Waals surface area contributed by atoms with E-state index in [2.05, 4.69) is 32.7 Å². The predicted molar refractivity (Wildman–Crippen MR) is 60.2 cm³/mol. The summed E-state index contributed by atoms with van der Waals surface area (Å²) in [7, 11) is 0. The maximum atomic E-state index is 11.9. The predicted octanol–water partition coefficient (Wildman–Crippen LogP) is 2.05. The molecule has 0 saturated carbocycles. The Hall–Kier alpha value is -1.12. The van der Waals surface area contributed by atoms with Gasteiger partial charge in [0.1, 0.15) is 5.82 Å². The zero-order valence-electron chi connectivity index (χ0n) is 9.87. The summed E-state index contributed by atoms with van der Waals surface area (Å²) in [5, 5.41) is 0. The van der Waals surface area contributed by atoms with E-state index in [1.165, 1.54) is 0 Å². The van der Waals surface area contributed by atoms with E-state index in [-0.39, 0.29) is 11.0 Å². The molecule has 1 aromatic heterocycles. The van der Waals surface area contributed by atoms with Gasteiger partial charge in [-0.1, -0.05) is 20.8 Å². The van der Waals surface area contributed by atoms with Crippen LogP contribution in [0.4, 0.5) is 0 Å². The Morgan fingerprint density at radius 3 is 2.73 bits per heavy atom. The van der Waals surface area contributed by atoms with Crippen LogP contribution in [-0.4, -0.2) is 9.55 Å². The van der Waals surface area contributed by atoms with Crippen LogP contribution < -0.4 is 5.56 Å². The fraction of sp³-hybridized carbons (Fsp3) is 0.667. The van der Waals surface area contributed by atoms with E-state index in [0.29, 0.717) is 6.04 Å². The Bertz CT molecular complexity index is 440. The molecular weight excluding hydrogens is 188 g/mol. The molecule has 0 fully saturated rings. The van der Waals surface area contributed by atoms with Crippen LogP contribution >= 0.6 is 0 Å². The van der Waals surface area contributed by atoms with Crippen LogP contribution in [0.1, 0.15) is 51.7 Å². The zero-order valence-corrected chi connectivity index (χ0v) is 9.87. The van der Waals surface area contributed by atoms with Crippen molar-refractivity contribution in [3.63, 3.8) is 0 Å². The van der Waals surface area contributed by atoms with Crippen LogP contribution in [0.5, 0.6) is 0 Å². The van der Waals surface area contributed by atoms with E-state index in [1.54, 1.807) is 6.07 Å². The molecule has 0 radical (unpaired) electrons. The highest BCUT2D eigenvalue weighted by atomic mass is 16.1. The van der Waals surface area contributed by atoms with Crippen molar-refractivity contribution in [3.8, 4) is 0 Å². The third kappa shape index (κ3) is 1.71. The van der Waals surface area contributed by atoms with Gasteiger partial charge in [0.15, 0.2) is 0 Å². The summed E-state index contributed by atoms with van der Waals surface area (Å²) in [6.07, 6.45) is 1.97. The quantitative estimate of drug-likeness (QED) is 0.651. The molecule has 0 spiro atoms. The lowest BCUT2D eigenvalue weighted by atomic mass is 9.92. The molecule has 0 bridgehead atoms. The van der Waals surface area contributed by atoms with Crippen molar-refractivity contribution in [2.24, 2.45) is 0 Å². The number of hydrogen-bond donors (Lipinski definition) is 0. The van der Waals surface area contributed by atoms with Gasteiger partial charge in [-0.05, 0) is 13.3 Å². The van der Waals surface area contributed by atoms with Crippen molar-refractivity contribution >= 4 is 0 Å². The van der Waals surface area contributed by atoms with Crippen molar-refractivity contribution in [1.29, 1.82) is 0 Å². The molecule has 82 valence electrons. The smallest absolute Gasteiger partial charge is 0.253 e. The van der Waals surface area contributed by atoms with Crippen molar-refractivity contribution in [1.82, 2.24) is 9.55 Å². The second kappa shape index (κ2) is 3.19. The fourth-order valence-corrected chi connectivity index (χ4v) is 2.04. The summed E-state index contributed by atoms with van der Waals surface area (Å²) in [6, 6.07) is 2.00. The Kier molecular flexibility index (Phi) is 2.21. The average Bonchev–Trinajstić information content (AvgIpc) is 2.46. The maximum absolute atomic E-state index is 11.9. The molecule has 0 N–H and O–H groups in total. The molecule has 0 aliphatic carbocycles. The van der Waals surface area contributed by atoms with Gasteiger partial charge in [0.2, 0.25) is 0 Å². The first-order valence-electron chi connectivity index (χ1n) is 5.52. The molecule has 0 unspecified atom stereocenters. The highest BCUT2D eigenvalue weighted by Gasteiger charge is 2.24. The van der Waals surface area contributed by atoms with Gasteiger partial charge in [0.25, 0.3) is 5.56 Å². The van der Waals surface area contributed by atoms with E-state index in [4.69, 9.17) is 0 Å². The molecule has 0 aromatic carbocycles. The van der Waals surface area contributed by atoms with Crippen molar-refractivity contribution in [3.05, 3.63) is 27.9 Å². The van der Waals surface area contributed by atoms with Gasteiger partial charge in [0.05, 0.1) is 5.69 Å². The highest BCUT2D eigenvalue weighted by Crippen LogP contribution is 2.24. The summed E-state index contributed by atoms with van der Waals surface area (Å²) in [4.78, 5) is 16.5. The largest absolute Gasteiger partial charge is 0.294 e. The molecule has 1 aromatic rings. The monoisotopic (exact) mass is 206 g/mol. The summed E-state index contributed by atoms with van der Waals surface area (Å²) in [5.74, 6) is 0.958. The van der Waals surface area contributed by atoms with Gasteiger partial charge in [-0.2, -0.15) is 0 Å². The van der Waals surface area contributed by atoms with Crippen LogP contribution in [0.2, 0.25) is 0 Å². The molecule has 1 aliphatic rings. The Morgan fingerprint density at radius 1 is 1.47 bits per heavy atom. The van der Waals surface area contributed by atoms with Gasteiger partial charge in [-0.15, -0.1) is 0 Å². The van der Waals surface area contributed by atoms with Crippen LogP contribution in [0, 0.1) is 0 Å². The molecule has 1 aliphatic heterocycles. The zero-order chi connectivity index (χ0) is 11.2. The summed E-state index contributed by atoms with van der Waals surface area (Å²) in [6.45, 7) is 8.34. The number of rotatable bonds is 0. The molecule has 15 heavy (non-hydrogen) atoms. The first-order chi connectivity index (χ1) is 6.89. The summed E-state index contributed by atoms with van der Waals surface area (Å²) < 4.78 is 1.83. The summed E-state index contributed by atoms with van der Waals surface area (Å²) >= 11 is 0. The summed E-state index contributed by atoms with van der Waals surface area (Å²) in [5.41, 5.74) is 0.975. The number of fused-ring (bicyclic) bond motifs is 1. The third-order valence-electron chi connectivity index (χ3n) is 3.02. The first-order valence-corrected chi connectivity index (χ1v) is 5.52. The third-order valence-corrected chi connectivity index (χ3v) is 3.02. The minimum absolute atomic E-state index is 0.0411. The Morgan fingerprint density at radius 2 is 2.13 bits per heavy atom. The Labute approximate surface area is 90.2 Å². The second-order valence-electron chi connectivity index (χ2n) is 5.40. The van der Waals surface area contributed by atoms with Gasteiger partial charge in [0, 0.05) is 23.9 Å². The molecular formula is C12H18N2O. The van der Waals surface area contributed by atoms with Crippen LogP contribution in [0.25, 0.3) is 0 Å². The van der Waals surface area contributed by atoms with Gasteiger partial charge >= 0.3 is 0 Å². The van der Waals surface area contributed by atoms with Crippen LogP contribution in [0.15, 0.2) is 10.9 Å². The van der Waals surface area contributed by atoms with Gasteiger partial charge in [-0.25, -0.2) is 4.98 Å². The lowest BCUT2D eigenvalue weighted by molar-refractivity contribution is 0.532. The van der Waals surface area contributed by atoms with E-state index in [0.717, 1.165) is 24.4 Å². The minimum atomic E-state index is -0.0411. The van der Waals surface area contributed by atoms with Gasteiger partial charge in [-0.3, -0.25) is 9.36 Å².